The lowest BCUT2D eigenvalue weighted by Gasteiger charge is -2.26. The summed E-state index contributed by atoms with van der Waals surface area (Å²) in [5.41, 5.74) is 4.79. The molecule has 2 heterocycles. The van der Waals surface area contributed by atoms with Crippen LogP contribution >= 0.6 is 23.8 Å². The molecule has 5 aromatic rings. The minimum absolute atomic E-state index is 0.248. The van der Waals surface area contributed by atoms with Gasteiger partial charge in [0, 0.05) is 39.2 Å². The smallest absolute Gasteiger partial charge is 0.258 e. The van der Waals surface area contributed by atoms with Crippen LogP contribution in [0.4, 0.5) is 5.69 Å². The Balaban J connectivity index is 1.55. The molecule has 6 rings (SSSR count). The number of H-pyrrole nitrogens is 1. The third kappa shape index (κ3) is 5.11. The van der Waals surface area contributed by atoms with E-state index in [0.717, 1.165) is 27.8 Å². The van der Waals surface area contributed by atoms with E-state index >= 15 is 0 Å². The second-order valence-electron chi connectivity index (χ2n) is 9.75. The van der Waals surface area contributed by atoms with Crippen molar-refractivity contribution in [2.45, 2.75) is 12.5 Å². The van der Waals surface area contributed by atoms with E-state index in [-0.39, 0.29) is 11.6 Å². The van der Waals surface area contributed by atoms with E-state index in [1.165, 1.54) is 0 Å². The van der Waals surface area contributed by atoms with Gasteiger partial charge in [-0.2, -0.15) is 5.10 Å². The minimum Gasteiger partial charge on any atom is -0.493 e. The van der Waals surface area contributed by atoms with Crippen LogP contribution in [0.25, 0.3) is 22.0 Å². The van der Waals surface area contributed by atoms with Gasteiger partial charge >= 0.3 is 0 Å². The van der Waals surface area contributed by atoms with Crippen molar-refractivity contribution >= 4 is 51.2 Å². The molecule has 0 saturated heterocycles. The summed E-state index contributed by atoms with van der Waals surface area (Å²) < 4.78 is 11.4. The summed E-state index contributed by atoms with van der Waals surface area (Å²) in [5.74, 6) is 1.17. The number of hydrogen-bond acceptors (Lipinski definition) is 5. The summed E-state index contributed by atoms with van der Waals surface area (Å²) in [6, 6.07) is 30.2. The fourth-order valence-electron chi connectivity index (χ4n) is 5.41. The first-order chi connectivity index (χ1) is 20.5. The molecule has 4 aromatic carbocycles. The zero-order valence-corrected chi connectivity index (χ0v) is 24.5. The summed E-state index contributed by atoms with van der Waals surface area (Å²) in [6.45, 7) is 0. The number of methoxy groups -OCH3 is 2. The van der Waals surface area contributed by atoms with Crippen LogP contribution < -0.4 is 20.3 Å². The lowest BCUT2D eigenvalue weighted by atomic mass is 9.91. The Morgan fingerprint density at radius 1 is 0.952 bits per heavy atom. The summed E-state index contributed by atoms with van der Waals surface area (Å²) in [7, 11) is 3.21. The molecule has 1 aromatic heterocycles. The number of rotatable bonds is 6. The summed E-state index contributed by atoms with van der Waals surface area (Å²) in [5, 5.41) is 11.8. The molecule has 0 radical (unpaired) electrons. The van der Waals surface area contributed by atoms with E-state index in [4.69, 9.17) is 38.4 Å². The van der Waals surface area contributed by atoms with Crippen molar-refractivity contribution in [1.29, 1.82) is 0 Å². The molecular formula is C33H27ClN4O3S. The van der Waals surface area contributed by atoms with Gasteiger partial charge in [0.05, 0.1) is 31.5 Å². The fourth-order valence-corrected chi connectivity index (χ4v) is 5.87. The van der Waals surface area contributed by atoms with Gasteiger partial charge in [0.1, 0.15) is 0 Å². The van der Waals surface area contributed by atoms with Crippen molar-refractivity contribution in [2.75, 3.05) is 19.5 Å². The van der Waals surface area contributed by atoms with Crippen LogP contribution in [0.5, 0.6) is 11.5 Å². The Morgan fingerprint density at radius 3 is 2.40 bits per heavy atom. The molecular weight excluding hydrogens is 568 g/mol. The number of fused-ring (bicyclic) bond motifs is 1. The number of hydrazone groups is 1. The third-order valence-corrected chi connectivity index (χ3v) is 7.79. The molecule has 0 fully saturated rings. The lowest BCUT2D eigenvalue weighted by Crippen LogP contribution is -2.31. The zero-order valence-electron chi connectivity index (χ0n) is 22.9. The van der Waals surface area contributed by atoms with Gasteiger partial charge in [-0.25, -0.2) is 5.01 Å². The summed E-state index contributed by atoms with van der Waals surface area (Å²) in [4.78, 5) is 16.9. The number of hydrogen-bond donors (Lipinski definition) is 2. The van der Waals surface area contributed by atoms with Gasteiger partial charge in [-0.05, 0) is 54.2 Å². The lowest BCUT2D eigenvalue weighted by molar-refractivity contribution is 0.327. The number of halogens is 1. The average molecular weight is 595 g/mol. The molecule has 9 heteroatoms. The molecule has 1 aliphatic rings. The fraction of sp³-hybridized carbons (Fsp3) is 0.121. The highest BCUT2D eigenvalue weighted by Gasteiger charge is 2.36. The van der Waals surface area contributed by atoms with Crippen molar-refractivity contribution < 1.29 is 9.47 Å². The van der Waals surface area contributed by atoms with Gasteiger partial charge < -0.3 is 19.8 Å². The number of aromatic amines is 1. The van der Waals surface area contributed by atoms with Gasteiger partial charge in [-0.3, -0.25) is 4.79 Å². The normalized spacial score (nSPS) is 14.5. The number of anilines is 1. The van der Waals surface area contributed by atoms with Crippen LogP contribution in [0, 0.1) is 0 Å². The van der Waals surface area contributed by atoms with Gasteiger partial charge in [0.2, 0.25) is 0 Å². The maximum absolute atomic E-state index is 13.9. The molecule has 1 atom stereocenters. The van der Waals surface area contributed by atoms with Gasteiger partial charge in [-0.15, -0.1) is 0 Å². The third-order valence-electron chi connectivity index (χ3n) is 7.26. The molecule has 0 bridgehead atoms. The highest BCUT2D eigenvalue weighted by Crippen LogP contribution is 2.43. The van der Waals surface area contributed by atoms with Crippen molar-refractivity contribution in [3.05, 3.63) is 124 Å². The Hall–Kier alpha value is -4.66. The van der Waals surface area contributed by atoms with Crippen molar-refractivity contribution in [3.8, 4) is 22.6 Å². The molecule has 0 unspecified atom stereocenters. The van der Waals surface area contributed by atoms with Gasteiger partial charge in [0.25, 0.3) is 5.56 Å². The van der Waals surface area contributed by atoms with Crippen LogP contribution in [0.15, 0.2) is 107 Å². The first-order valence-electron chi connectivity index (χ1n) is 13.3. The molecule has 0 amide bonds. The Labute approximate surface area is 253 Å². The monoisotopic (exact) mass is 594 g/mol. The topological polar surface area (TPSA) is 79.0 Å². The molecule has 210 valence electrons. The highest BCUT2D eigenvalue weighted by atomic mass is 35.5. The predicted octanol–water partition coefficient (Wildman–Crippen LogP) is 7.41. The van der Waals surface area contributed by atoms with Gasteiger partial charge in [-0.1, -0.05) is 72.3 Å². The molecule has 1 aliphatic heterocycles. The summed E-state index contributed by atoms with van der Waals surface area (Å²) in [6.07, 6.45) is 0.384. The van der Waals surface area contributed by atoms with E-state index < -0.39 is 0 Å². The molecule has 2 N–H and O–H groups in total. The van der Waals surface area contributed by atoms with Crippen LogP contribution in [0.1, 0.15) is 23.6 Å². The van der Waals surface area contributed by atoms with Crippen molar-refractivity contribution in [3.63, 3.8) is 0 Å². The quantitative estimate of drug-likeness (QED) is 0.199. The number of ether oxygens (including phenoxy) is 2. The number of thiocarbonyl (C=S) groups is 1. The Morgan fingerprint density at radius 2 is 1.69 bits per heavy atom. The van der Waals surface area contributed by atoms with Crippen molar-refractivity contribution in [1.82, 2.24) is 9.99 Å². The maximum Gasteiger partial charge on any atom is 0.258 e. The van der Waals surface area contributed by atoms with Crippen molar-refractivity contribution in [2.24, 2.45) is 5.10 Å². The highest BCUT2D eigenvalue weighted by molar-refractivity contribution is 7.80. The molecule has 0 spiro atoms. The first-order valence-corrected chi connectivity index (χ1v) is 14.1. The molecule has 7 nitrogen and oxygen atoms in total. The molecule has 42 heavy (non-hydrogen) atoms. The maximum atomic E-state index is 13.9. The van der Waals surface area contributed by atoms with E-state index in [1.807, 2.05) is 91.0 Å². The first kappa shape index (κ1) is 27.5. The van der Waals surface area contributed by atoms with Crippen LogP contribution in [0.2, 0.25) is 5.02 Å². The van der Waals surface area contributed by atoms with Crippen LogP contribution in [-0.2, 0) is 0 Å². The number of aromatic nitrogens is 1. The summed E-state index contributed by atoms with van der Waals surface area (Å²) >= 11 is 12.4. The van der Waals surface area contributed by atoms with E-state index in [2.05, 4.69) is 10.3 Å². The van der Waals surface area contributed by atoms with Gasteiger partial charge in [0.15, 0.2) is 16.6 Å². The number of nitrogens with zero attached hydrogens (tertiary/aromatic N) is 2. The Kier molecular flexibility index (Phi) is 7.65. The molecule has 0 saturated carbocycles. The number of benzene rings is 4. The number of para-hydroxylation sites is 2. The average Bonchev–Trinajstić information content (AvgIpc) is 3.46. The SMILES string of the molecule is COc1cccc([C@@H]2CC(c3c(-c4ccccc4)c4cc(Cl)ccc4[nH]c3=O)=NN2C(=S)Nc2ccccc2)c1OC. The van der Waals surface area contributed by atoms with E-state index in [1.54, 1.807) is 25.3 Å². The second-order valence-corrected chi connectivity index (χ2v) is 10.6. The minimum atomic E-state index is -0.383. The number of pyridine rings is 1. The van der Waals surface area contributed by atoms with E-state index in [9.17, 15) is 4.79 Å². The number of nitrogens with one attached hydrogen (secondary N) is 2. The van der Waals surface area contributed by atoms with E-state index in [0.29, 0.717) is 44.8 Å². The van der Waals surface area contributed by atoms with Crippen LogP contribution in [0.3, 0.4) is 0 Å². The largest absolute Gasteiger partial charge is 0.493 e. The van der Waals surface area contributed by atoms with Crippen LogP contribution in [-0.4, -0.2) is 35.0 Å². The second kappa shape index (κ2) is 11.7. The Bertz CT molecular complexity index is 1880. The predicted molar refractivity (Wildman–Crippen MR) is 173 cm³/mol. The standard InChI is InChI=1S/C33H27ClN4O3S/c1-40-28-15-9-14-23(31(28)41-2)27-19-26(37-38(27)33(42)35-22-12-7-4-8-13-22)30-29(20-10-5-3-6-11-20)24-18-21(34)16-17-25(24)36-32(30)39/h3-18,27H,19H2,1-2H3,(H,35,42)(H,36,39)/t27-/m0/s1. The molecule has 0 aliphatic carbocycles. The zero-order chi connectivity index (χ0) is 29.2.